The lowest BCUT2D eigenvalue weighted by molar-refractivity contribution is 0.871. The third-order valence-electron chi connectivity index (χ3n) is 3.27. The minimum absolute atomic E-state index is 0.416. The first-order valence-electron chi connectivity index (χ1n) is 6.69. The Morgan fingerprint density at radius 2 is 1.91 bits per heavy atom. The number of nitrogens with zero attached hydrogens (tertiary/aromatic N) is 3. The molecule has 22 heavy (non-hydrogen) atoms. The Kier molecular flexibility index (Phi) is 4.18. The standard InChI is InChI=1S/C16H13ClN4S/c1-11-6-2-3-7-12(11)10-18-21-15(19-20-16(21)22)13-8-4-5-9-14(13)17/h2-10H,1H3,(H,20,22)/b18-10-. The fourth-order valence-electron chi connectivity index (χ4n) is 2.07. The number of H-pyrrole nitrogens is 1. The van der Waals surface area contributed by atoms with E-state index in [1.165, 1.54) is 0 Å². The van der Waals surface area contributed by atoms with Crippen LogP contribution in [0, 0.1) is 11.7 Å². The van der Waals surface area contributed by atoms with Gasteiger partial charge in [0.1, 0.15) is 0 Å². The molecule has 0 atom stereocenters. The zero-order chi connectivity index (χ0) is 15.5. The molecule has 1 heterocycles. The Balaban J connectivity index is 2.06. The number of aryl methyl sites for hydroxylation is 1. The summed E-state index contributed by atoms with van der Waals surface area (Å²) >= 11 is 11.5. The lowest BCUT2D eigenvalue weighted by atomic mass is 10.1. The Labute approximate surface area is 138 Å². The number of halogens is 1. The molecule has 2 aromatic carbocycles. The van der Waals surface area contributed by atoms with Crippen LogP contribution in [0.25, 0.3) is 11.4 Å². The van der Waals surface area contributed by atoms with Gasteiger partial charge in [0, 0.05) is 5.56 Å². The van der Waals surface area contributed by atoms with E-state index >= 15 is 0 Å². The van der Waals surface area contributed by atoms with Crippen molar-refractivity contribution in [3.8, 4) is 11.4 Å². The topological polar surface area (TPSA) is 46.0 Å². The minimum atomic E-state index is 0.416. The summed E-state index contributed by atoms with van der Waals surface area (Å²) in [6.45, 7) is 2.03. The summed E-state index contributed by atoms with van der Waals surface area (Å²) in [7, 11) is 0. The molecule has 0 spiro atoms. The molecule has 0 saturated carbocycles. The van der Waals surface area contributed by atoms with Crippen molar-refractivity contribution >= 4 is 30.0 Å². The van der Waals surface area contributed by atoms with Crippen LogP contribution in [0.15, 0.2) is 53.6 Å². The maximum absolute atomic E-state index is 6.23. The van der Waals surface area contributed by atoms with Crippen LogP contribution in [0.4, 0.5) is 0 Å². The van der Waals surface area contributed by atoms with Crippen LogP contribution in [0.1, 0.15) is 11.1 Å². The van der Waals surface area contributed by atoms with E-state index in [0.717, 1.165) is 16.7 Å². The first-order chi connectivity index (χ1) is 10.7. The predicted molar refractivity (Wildman–Crippen MR) is 92.0 cm³/mol. The fourth-order valence-corrected chi connectivity index (χ4v) is 2.47. The summed E-state index contributed by atoms with van der Waals surface area (Å²) < 4.78 is 1.99. The second-order valence-electron chi connectivity index (χ2n) is 4.75. The molecule has 0 radical (unpaired) electrons. The Morgan fingerprint density at radius 1 is 1.18 bits per heavy atom. The van der Waals surface area contributed by atoms with Gasteiger partial charge in [-0.05, 0) is 42.4 Å². The SMILES string of the molecule is Cc1ccccc1/C=N\n1c(-c2ccccc2Cl)n[nH]c1=S. The molecule has 0 aliphatic heterocycles. The first-order valence-corrected chi connectivity index (χ1v) is 7.48. The van der Waals surface area contributed by atoms with Crippen LogP contribution in [0.3, 0.4) is 0 Å². The second-order valence-corrected chi connectivity index (χ2v) is 5.54. The molecule has 3 aromatic rings. The third-order valence-corrected chi connectivity index (χ3v) is 3.86. The molecule has 0 amide bonds. The van der Waals surface area contributed by atoms with Crippen LogP contribution in [0.2, 0.25) is 5.02 Å². The van der Waals surface area contributed by atoms with Gasteiger partial charge < -0.3 is 0 Å². The third kappa shape index (κ3) is 2.86. The molecule has 1 aromatic heterocycles. The molecule has 6 heteroatoms. The molecular weight excluding hydrogens is 316 g/mol. The largest absolute Gasteiger partial charge is 0.250 e. The van der Waals surface area contributed by atoms with E-state index in [2.05, 4.69) is 15.3 Å². The lowest BCUT2D eigenvalue weighted by Crippen LogP contribution is -1.96. The predicted octanol–water partition coefficient (Wildman–Crippen LogP) is 4.45. The monoisotopic (exact) mass is 328 g/mol. The molecule has 0 aliphatic rings. The highest BCUT2D eigenvalue weighted by Gasteiger charge is 2.11. The average Bonchev–Trinajstić information content (AvgIpc) is 2.88. The van der Waals surface area contributed by atoms with Gasteiger partial charge in [0.2, 0.25) is 4.77 Å². The molecule has 110 valence electrons. The lowest BCUT2D eigenvalue weighted by Gasteiger charge is -2.03. The van der Waals surface area contributed by atoms with Crippen LogP contribution in [-0.2, 0) is 0 Å². The van der Waals surface area contributed by atoms with E-state index < -0.39 is 0 Å². The van der Waals surface area contributed by atoms with Crippen LogP contribution >= 0.6 is 23.8 Å². The Morgan fingerprint density at radius 3 is 2.68 bits per heavy atom. The zero-order valence-electron chi connectivity index (χ0n) is 11.8. The Hall–Kier alpha value is -2.24. The van der Waals surface area contributed by atoms with Gasteiger partial charge in [-0.25, -0.2) is 5.10 Å². The second kappa shape index (κ2) is 6.25. The molecule has 0 unspecified atom stereocenters. The van der Waals surface area contributed by atoms with Crippen LogP contribution < -0.4 is 0 Å². The van der Waals surface area contributed by atoms with Crippen LogP contribution in [-0.4, -0.2) is 21.1 Å². The molecule has 0 fully saturated rings. The maximum atomic E-state index is 6.23. The van der Waals surface area contributed by atoms with Gasteiger partial charge in [0.05, 0.1) is 11.2 Å². The van der Waals surface area contributed by atoms with Crippen molar-refractivity contribution in [3.63, 3.8) is 0 Å². The minimum Gasteiger partial charge on any atom is -0.250 e. The number of hydrogen-bond donors (Lipinski definition) is 1. The molecular formula is C16H13ClN4S. The van der Waals surface area contributed by atoms with Crippen molar-refractivity contribution < 1.29 is 0 Å². The van der Waals surface area contributed by atoms with Crippen LogP contribution in [0.5, 0.6) is 0 Å². The van der Waals surface area contributed by atoms with Crippen molar-refractivity contribution in [1.29, 1.82) is 0 Å². The van der Waals surface area contributed by atoms with Crippen molar-refractivity contribution in [2.45, 2.75) is 6.92 Å². The van der Waals surface area contributed by atoms with Crippen molar-refractivity contribution in [1.82, 2.24) is 14.9 Å². The highest BCUT2D eigenvalue weighted by molar-refractivity contribution is 7.71. The van der Waals surface area contributed by atoms with Gasteiger partial charge in [-0.3, -0.25) is 0 Å². The summed E-state index contributed by atoms with van der Waals surface area (Å²) in [4.78, 5) is 0. The van der Waals surface area contributed by atoms with Gasteiger partial charge in [-0.1, -0.05) is 48.0 Å². The molecule has 0 bridgehead atoms. The van der Waals surface area contributed by atoms with E-state index in [1.807, 2.05) is 55.5 Å². The van der Waals surface area contributed by atoms with Gasteiger partial charge in [-0.15, -0.1) is 0 Å². The molecule has 3 rings (SSSR count). The van der Waals surface area contributed by atoms with Gasteiger partial charge in [0.25, 0.3) is 0 Å². The summed E-state index contributed by atoms with van der Waals surface area (Å²) in [5.41, 5.74) is 2.94. The van der Waals surface area contributed by atoms with E-state index in [9.17, 15) is 0 Å². The van der Waals surface area contributed by atoms with Crippen molar-refractivity contribution in [2.75, 3.05) is 0 Å². The summed E-state index contributed by atoms with van der Waals surface area (Å²) in [6, 6.07) is 15.4. The smallest absolute Gasteiger partial charge is 0.216 e. The molecule has 4 nitrogen and oxygen atoms in total. The van der Waals surface area contributed by atoms with Crippen molar-refractivity contribution in [2.24, 2.45) is 5.10 Å². The average molecular weight is 329 g/mol. The fraction of sp³-hybridized carbons (Fsp3) is 0.0625. The van der Waals surface area contributed by atoms with Gasteiger partial charge in [-0.2, -0.15) is 14.9 Å². The zero-order valence-corrected chi connectivity index (χ0v) is 13.4. The summed E-state index contributed by atoms with van der Waals surface area (Å²) in [5, 5.41) is 12.0. The summed E-state index contributed by atoms with van der Waals surface area (Å²) in [6.07, 6.45) is 1.76. The highest BCUT2D eigenvalue weighted by Crippen LogP contribution is 2.25. The maximum Gasteiger partial charge on any atom is 0.216 e. The van der Waals surface area contributed by atoms with E-state index in [4.69, 9.17) is 23.8 Å². The number of rotatable bonds is 3. The molecule has 1 N–H and O–H groups in total. The van der Waals surface area contributed by atoms with E-state index in [0.29, 0.717) is 15.6 Å². The number of benzene rings is 2. The number of aromatic amines is 1. The number of aromatic nitrogens is 3. The van der Waals surface area contributed by atoms with E-state index in [1.54, 1.807) is 10.9 Å². The number of hydrogen-bond acceptors (Lipinski definition) is 3. The quantitative estimate of drug-likeness (QED) is 0.570. The molecule has 0 aliphatic carbocycles. The van der Waals surface area contributed by atoms with Gasteiger partial charge in [0.15, 0.2) is 5.82 Å². The highest BCUT2D eigenvalue weighted by atomic mass is 35.5. The number of nitrogens with one attached hydrogen (secondary N) is 1. The first kappa shape index (κ1) is 14.7. The molecule has 0 saturated heterocycles. The normalized spacial score (nSPS) is 11.2. The summed E-state index contributed by atoms with van der Waals surface area (Å²) in [5.74, 6) is 0.584. The van der Waals surface area contributed by atoms with Crippen molar-refractivity contribution in [3.05, 3.63) is 69.5 Å². The Bertz CT molecular complexity index is 895. The van der Waals surface area contributed by atoms with Gasteiger partial charge >= 0.3 is 0 Å². The van der Waals surface area contributed by atoms with E-state index in [-0.39, 0.29) is 0 Å².